The molecule has 33 heavy (non-hydrogen) atoms. The van der Waals surface area contributed by atoms with Crippen molar-refractivity contribution in [1.82, 2.24) is 4.90 Å². The van der Waals surface area contributed by atoms with Crippen molar-refractivity contribution in [2.45, 2.75) is 25.0 Å². The summed E-state index contributed by atoms with van der Waals surface area (Å²) in [5, 5.41) is -0.199. The molecular weight excluding hydrogens is 452 g/mol. The molecule has 1 saturated heterocycles. The molecule has 11 heteroatoms. The SMILES string of the molecule is CCOC(=O)C1=C2SC(C)C(=O)N2C(N)=C(C(=O)OC)C1c1cc(OC)c(OC)c(OC)c1. The molecule has 0 bridgehead atoms. The van der Waals surface area contributed by atoms with Crippen LogP contribution in [0.1, 0.15) is 25.3 Å². The molecule has 1 amide bonds. The summed E-state index contributed by atoms with van der Waals surface area (Å²) >= 11 is 1.17. The van der Waals surface area contributed by atoms with Gasteiger partial charge in [0.2, 0.25) is 11.7 Å². The molecule has 0 aliphatic carbocycles. The zero-order chi connectivity index (χ0) is 24.4. The minimum absolute atomic E-state index is 0.0679. The summed E-state index contributed by atoms with van der Waals surface area (Å²) in [6.45, 7) is 3.46. The van der Waals surface area contributed by atoms with Gasteiger partial charge in [-0.1, -0.05) is 11.8 Å². The van der Waals surface area contributed by atoms with E-state index in [1.54, 1.807) is 26.0 Å². The summed E-state index contributed by atoms with van der Waals surface area (Å²) in [5.74, 6) is -1.97. The van der Waals surface area contributed by atoms with Gasteiger partial charge in [-0.2, -0.15) is 0 Å². The van der Waals surface area contributed by atoms with Crippen LogP contribution in [-0.2, 0) is 23.9 Å². The van der Waals surface area contributed by atoms with E-state index in [1.165, 1.54) is 45.1 Å². The van der Waals surface area contributed by atoms with Gasteiger partial charge in [-0.25, -0.2) is 9.59 Å². The second kappa shape index (κ2) is 9.65. The van der Waals surface area contributed by atoms with Crippen molar-refractivity contribution in [3.05, 3.63) is 39.7 Å². The fourth-order valence-corrected chi connectivity index (χ4v) is 5.01. The van der Waals surface area contributed by atoms with E-state index in [1.807, 2.05) is 0 Å². The van der Waals surface area contributed by atoms with E-state index in [-0.39, 0.29) is 29.5 Å². The van der Waals surface area contributed by atoms with Crippen molar-refractivity contribution in [3.8, 4) is 17.2 Å². The van der Waals surface area contributed by atoms with Crippen molar-refractivity contribution in [1.29, 1.82) is 0 Å². The van der Waals surface area contributed by atoms with Crippen LogP contribution in [0.5, 0.6) is 17.2 Å². The third-order valence-corrected chi connectivity index (χ3v) is 6.49. The zero-order valence-electron chi connectivity index (χ0n) is 19.2. The largest absolute Gasteiger partial charge is 0.493 e. The molecule has 1 aromatic rings. The molecule has 2 unspecified atom stereocenters. The monoisotopic (exact) mass is 478 g/mol. The summed E-state index contributed by atoms with van der Waals surface area (Å²) in [6.07, 6.45) is 0. The molecule has 2 aliphatic heterocycles. The number of esters is 2. The third-order valence-electron chi connectivity index (χ3n) is 5.31. The van der Waals surface area contributed by atoms with Gasteiger partial charge >= 0.3 is 11.9 Å². The summed E-state index contributed by atoms with van der Waals surface area (Å²) < 4.78 is 26.6. The van der Waals surface area contributed by atoms with Crippen molar-refractivity contribution in [2.75, 3.05) is 35.0 Å². The summed E-state index contributed by atoms with van der Waals surface area (Å²) in [5.41, 5.74) is 6.82. The molecule has 0 saturated carbocycles. The van der Waals surface area contributed by atoms with E-state index < -0.39 is 23.1 Å². The zero-order valence-corrected chi connectivity index (χ0v) is 20.0. The fraction of sp³-hybridized carbons (Fsp3) is 0.409. The first-order valence-corrected chi connectivity index (χ1v) is 10.9. The van der Waals surface area contributed by atoms with E-state index in [2.05, 4.69) is 0 Å². The van der Waals surface area contributed by atoms with Gasteiger partial charge in [-0.05, 0) is 31.5 Å². The van der Waals surface area contributed by atoms with Crippen molar-refractivity contribution < 1.29 is 38.1 Å². The second-order valence-corrected chi connectivity index (χ2v) is 8.38. The predicted molar refractivity (Wildman–Crippen MR) is 120 cm³/mol. The highest BCUT2D eigenvalue weighted by Crippen LogP contribution is 2.51. The van der Waals surface area contributed by atoms with Gasteiger partial charge in [0.1, 0.15) is 5.82 Å². The molecule has 2 aliphatic rings. The van der Waals surface area contributed by atoms with Crippen molar-refractivity contribution in [3.63, 3.8) is 0 Å². The molecule has 0 radical (unpaired) electrons. The van der Waals surface area contributed by atoms with Gasteiger partial charge < -0.3 is 29.4 Å². The standard InChI is InChI=1S/C22H26N2O8S/c1-7-32-22(27)16-14(11-8-12(28-3)17(30-5)13(9-11)29-4)15(21(26)31-6)18(23)24-19(25)10(2)33-20(16)24/h8-10,14H,7,23H2,1-6H3. The van der Waals surface area contributed by atoms with E-state index in [0.29, 0.717) is 27.8 Å². The van der Waals surface area contributed by atoms with Crippen LogP contribution in [0.25, 0.3) is 0 Å². The summed E-state index contributed by atoms with van der Waals surface area (Å²) in [4.78, 5) is 40.2. The van der Waals surface area contributed by atoms with Gasteiger partial charge in [0.25, 0.3) is 0 Å². The number of ether oxygens (including phenoxy) is 5. The number of carbonyl (C=O) groups is 3. The van der Waals surface area contributed by atoms with E-state index >= 15 is 0 Å². The Bertz CT molecular complexity index is 1040. The highest BCUT2D eigenvalue weighted by Gasteiger charge is 2.49. The van der Waals surface area contributed by atoms with Crippen molar-refractivity contribution >= 4 is 29.6 Å². The lowest BCUT2D eigenvalue weighted by Gasteiger charge is -2.33. The lowest BCUT2D eigenvalue weighted by atomic mass is 9.82. The molecule has 0 spiro atoms. The number of hydrogen-bond donors (Lipinski definition) is 1. The predicted octanol–water partition coefficient (Wildman–Crippen LogP) is 1.89. The van der Waals surface area contributed by atoms with Gasteiger partial charge in [0.15, 0.2) is 11.5 Å². The first-order valence-electron chi connectivity index (χ1n) is 10.0. The summed E-state index contributed by atoms with van der Waals surface area (Å²) in [6, 6.07) is 3.23. The lowest BCUT2D eigenvalue weighted by Crippen LogP contribution is -2.40. The molecular formula is C22H26N2O8S. The van der Waals surface area contributed by atoms with Crippen LogP contribution in [0, 0.1) is 0 Å². The molecule has 10 nitrogen and oxygen atoms in total. The van der Waals surface area contributed by atoms with Crippen LogP contribution in [0.4, 0.5) is 0 Å². The number of fused-ring (bicyclic) bond motifs is 1. The van der Waals surface area contributed by atoms with Gasteiger partial charge in [-0.15, -0.1) is 0 Å². The fourth-order valence-electron chi connectivity index (χ4n) is 3.85. The quantitative estimate of drug-likeness (QED) is 0.581. The first kappa shape index (κ1) is 24.3. The number of hydrogen-bond acceptors (Lipinski definition) is 10. The maximum absolute atomic E-state index is 13.2. The topological polar surface area (TPSA) is 127 Å². The Morgan fingerprint density at radius 2 is 1.64 bits per heavy atom. The Kier molecular flexibility index (Phi) is 7.11. The Morgan fingerprint density at radius 1 is 1.03 bits per heavy atom. The molecule has 0 aromatic heterocycles. The average molecular weight is 479 g/mol. The van der Waals surface area contributed by atoms with Crippen LogP contribution in [0.15, 0.2) is 34.1 Å². The summed E-state index contributed by atoms with van der Waals surface area (Å²) in [7, 11) is 5.56. The van der Waals surface area contributed by atoms with E-state index in [9.17, 15) is 14.4 Å². The van der Waals surface area contributed by atoms with Gasteiger partial charge in [-0.3, -0.25) is 9.69 Å². The van der Waals surface area contributed by atoms with Gasteiger partial charge in [0, 0.05) is 0 Å². The maximum Gasteiger partial charge on any atom is 0.338 e. The van der Waals surface area contributed by atoms with Crippen LogP contribution in [-0.4, -0.2) is 63.0 Å². The maximum atomic E-state index is 13.2. The van der Waals surface area contributed by atoms with Crippen LogP contribution < -0.4 is 19.9 Å². The highest BCUT2D eigenvalue weighted by atomic mass is 32.2. The number of methoxy groups -OCH3 is 4. The van der Waals surface area contributed by atoms with Crippen LogP contribution >= 0.6 is 11.8 Å². The highest BCUT2D eigenvalue weighted by molar-refractivity contribution is 8.04. The number of nitrogens with zero attached hydrogens (tertiary/aromatic N) is 1. The Morgan fingerprint density at radius 3 is 2.12 bits per heavy atom. The Labute approximate surface area is 195 Å². The molecule has 1 aromatic carbocycles. The average Bonchev–Trinajstić information content (AvgIpc) is 3.11. The van der Waals surface area contributed by atoms with Crippen molar-refractivity contribution in [2.24, 2.45) is 5.73 Å². The minimum Gasteiger partial charge on any atom is -0.493 e. The van der Waals surface area contributed by atoms with Crippen LogP contribution in [0.2, 0.25) is 0 Å². The molecule has 2 N–H and O–H groups in total. The Balaban J connectivity index is 2.38. The normalized spacial score (nSPS) is 19.9. The first-order chi connectivity index (χ1) is 15.7. The van der Waals surface area contributed by atoms with Gasteiger partial charge in [0.05, 0.1) is 62.4 Å². The third kappa shape index (κ3) is 3.97. The second-order valence-electron chi connectivity index (χ2n) is 7.06. The molecule has 2 atom stereocenters. The minimum atomic E-state index is -1.01. The molecule has 178 valence electrons. The number of benzene rings is 1. The number of thioether (sulfide) groups is 1. The van der Waals surface area contributed by atoms with Crippen LogP contribution in [0.3, 0.4) is 0 Å². The molecule has 3 rings (SSSR count). The Hall–Kier alpha value is -3.34. The van der Waals surface area contributed by atoms with E-state index in [0.717, 1.165) is 0 Å². The molecule has 2 heterocycles. The smallest absolute Gasteiger partial charge is 0.338 e. The number of nitrogens with two attached hydrogens (primary N) is 1. The number of rotatable bonds is 7. The lowest BCUT2D eigenvalue weighted by molar-refractivity contribution is -0.139. The van der Waals surface area contributed by atoms with E-state index in [4.69, 9.17) is 29.4 Å². The molecule has 1 fully saturated rings. The number of amides is 1. The number of carbonyl (C=O) groups excluding carboxylic acids is 3.